The largest absolute Gasteiger partial charge is 0.494 e. The van der Waals surface area contributed by atoms with Crippen molar-refractivity contribution in [1.82, 2.24) is 30.0 Å². The zero-order valence-electron chi connectivity index (χ0n) is 28.9. The molecule has 2 aliphatic heterocycles. The van der Waals surface area contributed by atoms with Crippen molar-refractivity contribution >= 4 is 50.9 Å². The number of aromatic nitrogens is 4. The van der Waals surface area contributed by atoms with Gasteiger partial charge in [-0.25, -0.2) is 9.78 Å². The number of hydrogen-bond acceptors (Lipinski definition) is 8. The second-order valence-corrected chi connectivity index (χ2v) is 14.0. The van der Waals surface area contributed by atoms with E-state index in [2.05, 4.69) is 31.6 Å². The molecule has 0 atom stereocenters. The van der Waals surface area contributed by atoms with Crippen LogP contribution in [-0.4, -0.2) is 75.8 Å². The third-order valence-corrected chi connectivity index (χ3v) is 10.7. The van der Waals surface area contributed by atoms with Crippen LogP contribution in [-0.2, 0) is 11.0 Å². The van der Waals surface area contributed by atoms with Gasteiger partial charge < -0.3 is 15.0 Å². The first-order chi connectivity index (χ1) is 25.5. The molecule has 2 N–H and O–H groups in total. The second-order valence-electron chi connectivity index (χ2n) is 14.0. The summed E-state index contributed by atoms with van der Waals surface area (Å²) in [5, 5.41) is 12.6. The molecular weight excluding hydrogens is 689 g/mol. The minimum Gasteiger partial charge on any atom is -0.494 e. The van der Waals surface area contributed by atoms with Crippen molar-refractivity contribution in [3.63, 3.8) is 0 Å². The molecule has 3 aromatic heterocycles. The lowest BCUT2D eigenvalue weighted by Crippen LogP contribution is -2.49. The summed E-state index contributed by atoms with van der Waals surface area (Å²) >= 11 is 0. The first kappa shape index (κ1) is 34.5. The van der Waals surface area contributed by atoms with Gasteiger partial charge in [0, 0.05) is 54.1 Å². The summed E-state index contributed by atoms with van der Waals surface area (Å²) in [4.78, 5) is 49.2. The number of piperidine rings is 1. The van der Waals surface area contributed by atoms with Gasteiger partial charge in [-0.1, -0.05) is 24.3 Å². The van der Waals surface area contributed by atoms with Crippen molar-refractivity contribution in [2.24, 2.45) is 5.92 Å². The highest BCUT2D eigenvalue weighted by atomic mass is 19.4. The van der Waals surface area contributed by atoms with Crippen LogP contribution in [0, 0.1) is 5.92 Å². The molecule has 274 valence electrons. The number of anilines is 2. The number of carbonyl (C=O) groups excluding carboxylic acids is 3. The van der Waals surface area contributed by atoms with Crippen LogP contribution in [0.15, 0.2) is 67.1 Å². The number of nitrogens with zero attached hydrogens (tertiary/aromatic N) is 6. The number of fused-ring (bicyclic) bond motifs is 2. The standard InChI is InChI=1S/C38H37F3N8O4/c1-53-33-17-30-24(16-31(33)44-36(51)29-6-3-7-34(43-29)38(39,40)41)21-49(46-30)25-14-22(15-25)20-47-11-8-23(9-12-47)26-4-2-5-27-28(26)18-42-19-32(27)48-13-10-35(50)45-37(48)52/h2-7,16-19,21-23,25H,8-15,20H2,1H3,(H,44,51)(H,45,50,52)/t22-,25-. The summed E-state index contributed by atoms with van der Waals surface area (Å²) in [5.41, 5.74) is 1.46. The molecular formula is C38H37F3N8O4. The number of pyridine rings is 2. The van der Waals surface area contributed by atoms with E-state index in [-0.39, 0.29) is 24.1 Å². The van der Waals surface area contributed by atoms with Gasteiger partial charge in [-0.05, 0) is 74.4 Å². The molecule has 0 spiro atoms. The van der Waals surface area contributed by atoms with E-state index in [4.69, 9.17) is 9.84 Å². The Kier molecular flexibility index (Phi) is 8.96. The van der Waals surface area contributed by atoms with Crippen molar-refractivity contribution in [3.8, 4) is 5.75 Å². The summed E-state index contributed by atoms with van der Waals surface area (Å²) in [6.45, 7) is 3.32. The van der Waals surface area contributed by atoms with Crippen LogP contribution in [0.2, 0.25) is 0 Å². The normalized spacial score (nSPS) is 20.0. The van der Waals surface area contributed by atoms with Crippen molar-refractivity contribution in [3.05, 3.63) is 84.1 Å². The SMILES string of the molecule is COc1cc2nn([C@H]3C[C@H](CN4CCC(c5cccc6c(N7CCC(=O)NC7=O)cncc56)CC4)C3)cc2cc1NC(=O)c1cccc(C(F)(F)F)n1. The Labute approximate surface area is 302 Å². The average molecular weight is 727 g/mol. The first-order valence-corrected chi connectivity index (χ1v) is 17.7. The maximum absolute atomic E-state index is 13.1. The summed E-state index contributed by atoms with van der Waals surface area (Å²) in [5.74, 6) is 0.214. The minimum atomic E-state index is -4.66. The van der Waals surface area contributed by atoms with Crippen LogP contribution < -0.4 is 20.3 Å². The molecule has 8 rings (SSSR count). The van der Waals surface area contributed by atoms with Crippen molar-refractivity contribution in [2.45, 2.75) is 50.2 Å². The van der Waals surface area contributed by atoms with Crippen LogP contribution in [0.25, 0.3) is 21.7 Å². The minimum absolute atomic E-state index is 0.237. The molecule has 3 fully saturated rings. The fourth-order valence-electron chi connectivity index (χ4n) is 7.86. The van der Waals surface area contributed by atoms with Crippen LogP contribution in [0.4, 0.5) is 29.3 Å². The lowest BCUT2D eigenvalue weighted by Gasteiger charge is -2.41. The van der Waals surface area contributed by atoms with Gasteiger partial charge in [0.05, 0.1) is 36.2 Å². The van der Waals surface area contributed by atoms with E-state index in [1.54, 1.807) is 23.2 Å². The Balaban J connectivity index is 0.875. The van der Waals surface area contributed by atoms with E-state index in [0.29, 0.717) is 41.0 Å². The number of carbonyl (C=O) groups is 3. The van der Waals surface area contributed by atoms with Gasteiger partial charge >= 0.3 is 12.2 Å². The fourth-order valence-corrected chi connectivity index (χ4v) is 7.86. The van der Waals surface area contributed by atoms with E-state index in [1.165, 1.54) is 18.7 Å². The number of rotatable bonds is 8. The van der Waals surface area contributed by atoms with Gasteiger partial charge in [-0.2, -0.15) is 18.3 Å². The highest BCUT2D eigenvalue weighted by Gasteiger charge is 2.35. The topological polar surface area (TPSA) is 135 Å². The number of ether oxygens (including phenoxy) is 1. The number of alkyl halides is 3. The molecule has 2 aromatic carbocycles. The number of urea groups is 1. The first-order valence-electron chi connectivity index (χ1n) is 17.7. The van der Waals surface area contributed by atoms with E-state index in [9.17, 15) is 27.6 Å². The van der Waals surface area contributed by atoms with Crippen LogP contribution in [0.1, 0.15) is 65.8 Å². The number of likely N-dealkylation sites (tertiary alicyclic amines) is 1. The maximum atomic E-state index is 13.1. The molecule has 53 heavy (non-hydrogen) atoms. The highest BCUT2D eigenvalue weighted by molar-refractivity contribution is 6.10. The van der Waals surface area contributed by atoms with E-state index in [0.717, 1.165) is 73.6 Å². The molecule has 3 aliphatic rings. The van der Waals surface area contributed by atoms with Crippen molar-refractivity contribution in [2.75, 3.05) is 43.5 Å². The van der Waals surface area contributed by atoms with E-state index >= 15 is 0 Å². The van der Waals surface area contributed by atoms with Gasteiger partial charge in [-0.15, -0.1) is 0 Å². The summed E-state index contributed by atoms with van der Waals surface area (Å²) < 4.78 is 46.9. The predicted molar refractivity (Wildman–Crippen MR) is 191 cm³/mol. The molecule has 0 unspecified atom stereocenters. The number of methoxy groups -OCH3 is 1. The quantitative estimate of drug-likeness (QED) is 0.184. The third kappa shape index (κ3) is 6.88. The molecule has 15 heteroatoms. The molecule has 4 amide bonds. The van der Waals surface area contributed by atoms with Crippen molar-refractivity contribution in [1.29, 1.82) is 0 Å². The predicted octanol–water partition coefficient (Wildman–Crippen LogP) is 6.54. The van der Waals surface area contributed by atoms with E-state index in [1.807, 2.05) is 29.2 Å². The highest BCUT2D eigenvalue weighted by Crippen LogP contribution is 2.41. The van der Waals surface area contributed by atoms with Gasteiger partial charge in [0.25, 0.3) is 5.91 Å². The Morgan fingerprint density at radius 3 is 2.57 bits per heavy atom. The average Bonchev–Trinajstić information content (AvgIpc) is 3.54. The molecule has 12 nitrogen and oxygen atoms in total. The zero-order valence-corrected chi connectivity index (χ0v) is 28.9. The number of benzene rings is 2. The van der Waals surface area contributed by atoms with Crippen molar-refractivity contribution < 1.29 is 32.3 Å². The Morgan fingerprint density at radius 1 is 1.02 bits per heavy atom. The molecule has 0 radical (unpaired) electrons. The molecule has 0 bridgehead atoms. The Hall–Kier alpha value is -5.57. The number of nitrogens with one attached hydrogen (secondary N) is 2. The maximum Gasteiger partial charge on any atom is 0.433 e. The molecule has 5 aromatic rings. The lowest BCUT2D eigenvalue weighted by atomic mass is 9.79. The van der Waals surface area contributed by atoms with Crippen LogP contribution in [0.3, 0.4) is 0 Å². The molecule has 2 saturated heterocycles. The lowest BCUT2D eigenvalue weighted by molar-refractivity contribution is -0.141. The molecule has 1 aliphatic carbocycles. The van der Waals surface area contributed by atoms with Gasteiger partial charge in [0.15, 0.2) is 0 Å². The summed E-state index contributed by atoms with van der Waals surface area (Å²) in [7, 11) is 1.45. The number of hydrogen-bond donors (Lipinski definition) is 2. The second kappa shape index (κ2) is 13.8. The summed E-state index contributed by atoms with van der Waals surface area (Å²) in [6, 6.07) is 12.7. The molecule has 5 heterocycles. The Morgan fingerprint density at radius 2 is 1.81 bits per heavy atom. The smallest absolute Gasteiger partial charge is 0.433 e. The monoisotopic (exact) mass is 726 g/mol. The van der Waals surface area contributed by atoms with Gasteiger partial charge in [0.2, 0.25) is 5.91 Å². The number of imide groups is 1. The van der Waals surface area contributed by atoms with Crippen LogP contribution >= 0.6 is 0 Å². The van der Waals surface area contributed by atoms with Gasteiger partial charge in [-0.3, -0.25) is 29.5 Å². The number of halogens is 3. The third-order valence-electron chi connectivity index (χ3n) is 10.7. The summed E-state index contributed by atoms with van der Waals surface area (Å²) in [6.07, 6.45) is 5.12. The van der Waals surface area contributed by atoms with Gasteiger partial charge in [0.1, 0.15) is 17.1 Å². The van der Waals surface area contributed by atoms with E-state index < -0.39 is 23.8 Å². The fraction of sp³-hybridized carbons (Fsp3) is 0.368. The van der Waals surface area contributed by atoms with Crippen LogP contribution in [0.5, 0.6) is 5.75 Å². The number of amides is 4. The molecule has 1 saturated carbocycles. The zero-order chi connectivity index (χ0) is 36.9. The Bertz CT molecular complexity index is 2230.